The van der Waals surface area contributed by atoms with Gasteiger partial charge in [0.1, 0.15) is 6.10 Å². The molecule has 0 bridgehead atoms. The number of carbonyl (C=O) groups excluding carboxylic acids is 1. The monoisotopic (exact) mass is 398 g/mol. The first kappa shape index (κ1) is 17.7. The fraction of sp³-hybridized carbons (Fsp3) is 0.368. The lowest BCUT2D eigenvalue weighted by atomic mass is 9.80. The summed E-state index contributed by atoms with van der Waals surface area (Å²) in [5.41, 5.74) is 0.949. The Bertz CT molecular complexity index is 1050. The number of aliphatic hydroxyl groups is 1. The maximum absolute atomic E-state index is 12.5. The van der Waals surface area contributed by atoms with E-state index in [1.54, 1.807) is 25.1 Å². The van der Waals surface area contributed by atoms with Crippen LogP contribution in [0.4, 0.5) is 0 Å². The van der Waals surface area contributed by atoms with Gasteiger partial charge in [-0.15, -0.1) is 10.2 Å². The van der Waals surface area contributed by atoms with Gasteiger partial charge in [0.2, 0.25) is 18.6 Å². The summed E-state index contributed by atoms with van der Waals surface area (Å²) in [5.74, 6) is 2.22. The van der Waals surface area contributed by atoms with Gasteiger partial charge < -0.3 is 28.8 Å². The maximum Gasteiger partial charge on any atom is 0.273 e. The summed E-state index contributed by atoms with van der Waals surface area (Å²) >= 11 is 0. The minimum absolute atomic E-state index is 0.0138. The number of nitrogens with zero attached hydrogens (tertiary/aromatic N) is 3. The van der Waals surface area contributed by atoms with Crippen LogP contribution >= 0.6 is 0 Å². The maximum atomic E-state index is 12.5. The second kappa shape index (κ2) is 6.89. The van der Waals surface area contributed by atoms with Crippen LogP contribution in [-0.4, -0.2) is 39.2 Å². The predicted molar refractivity (Wildman–Crippen MR) is 96.2 cm³/mol. The summed E-state index contributed by atoms with van der Waals surface area (Å²) in [7, 11) is 0. The molecule has 1 aromatic carbocycles. The number of amides is 1. The van der Waals surface area contributed by atoms with Crippen LogP contribution in [0.25, 0.3) is 11.3 Å². The van der Waals surface area contributed by atoms with E-state index < -0.39 is 6.10 Å². The molecule has 1 amide bonds. The number of benzene rings is 1. The zero-order valence-electron chi connectivity index (χ0n) is 15.5. The molecule has 1 atom stereocenters. The van der Waals surface area contributed by atoms with Crippen LogP contribution < -0.4 is 14.8 Å². The Labute approximate surface area is 164 Å². The minimum Gasteiger partial charge on any atom is -0.454 e. The predicted octanol–water partition coefficient (Wildman–Crippen LogP) is 2.18. The number of fused-ring (bicyclic) bond motifs is 1. The first-order chi connectivity index (χ1) is 14.1. The van der Waals surface area contributed by atoms with Crippen LogP contribution in [0.5, 0.6) is 11.5 Å². The smallest absolute Gasteiger partial charge is 0.273 e. The zero-order chi connectivity index (χ0) is 20.0. The van der Waals surface area contributed by atoms with Crippen molar-refractivity contribution in [2.45, 2.75) is 37.8 Å². The molecule has 2 N–H and O–H groups in total. The molecule has 1 saturated carbocycles. The summed E-state index contributed by atoms with van der Waals surface area (Å²) in [6.45, 7) is 1.76. The molecule has 5 rings (SSSR count). The lowest BCUT2D eigenvalue weighted by Crippen LogP contribution is -2.43. The molecule has 3 heterocycles. The average molecular weight is 398 g/mol. The molecule has 1 fully saturated rings. The number of aliphatic hydroxyl groups excluding tert-OH is 1. The molecular weight excluding hydrogens is 380 g/mol. The van der Waals surface area contributed by atoms with Crippen LogP contribution in [0.15, 0.2) is 33.2 Å². The number of hydrogen-bond donors (Lipinski definition) is 2. The SMILES string of the molecule is C[C@@H](O)c1nnc(C2CC(NC(=O)c3cc(-c4ccc5c(c4)OCO5)on3)C2)o1. The Kier molecular flexibility index (Phi) is 4.20. The van der Waals surface area contributed by atoms with Gasteiger partial charge in [-0.05, 0) is 38.0 Å². The largest absolute Gasteiger partial charge is 0.454 e. The Morgan fingerprint density at radius 2 is 2.03 bits per heavy atom. The van der Waals surface area contributed by atoms with Crippen LogP contribution in [0.2, 0.25) is 0 Å². The molecule has 150 valence electrons. The van der Waals surface area contributed by atoms with Gasteiger partial charge in [-0.2, -0.15) is 0 Å². The number of ether oxygens (including phenoxy) is 2. The fourth-order valence-corrected chi connectivity index (χ4v) is 3.35. The van der Waals surface area contributed by atoms with Crippen molar-refractivity contribution in [3.63, 3.8) is 0 Å². The van der Waals surface area contributed by atoms with Crippen molar-refractivity contribution in [3.05, 3.63) is 41.7 Å². The number of carbonyl (C=O) groups is 1. The van der Waals surface area contributed by atoms with Crippen molar-refractivity contribution < 1.29 is 28.3 Å². The van der Waals surface area contributed by atoms with Crippen molar-refractivity contribution in [2.75, 3.05) is 6.79 Å². The van der Waals surface area contributed by atoms with Crippen molar-refractivity contribution >= 4 is 5.91 Å². The summed E-state index contributed by atoms with van der Waals surface area (Å²) < 4.78 is 21.4. The highest BCUT2D eigenvalue weighted by molar-refractivity contribution is 5.93. The van der Waals surface area contributed by atoms with E-state index in [1.807, 2.05) is 6.07 Å². The summed E-state index contributed by atoms with van der Waals surface area (Å²) in [6.07, 6.45) is 0.568. The molecule has 1 aliphatic carbocycles. The molecule has 29 heavy (non-hydrogen) atoms. The molecule has 0 radical (unpaired) electrons. The van der Waals surface area contributed by atoms with Gasteiger partial charge in [0.25, 0.3) is 5.91 Å². The van der Waals surface area contributed by atoms with E-state index in [1.165, 1.54) is 0 Å². The highest BCUT2D eigenvalue weighted by Gasteiger charge is 2.36. The molecule has 10 nitrogen and oxygen atoms in total. The van der Waals surface area contributed by atoms with Gasteiger partial charge in [-0.1, -0.05) is 5.16 Å². The second-order valence-corrected chi connectivity index (χ2v) is 7.14. The van der Waals surface area contributed by atoms with Crippen molar-refractivity contribution in [1.29, 1.82) is 0 Å². The van der Waals surface area contributed by atoms with E-state index in [4.69, 9.17) is 18.4 Å². The Balaban J connectivity index is 1.19. The quantitative estimate of drug-likeness (QED) is 0.663. The zero-order valence-corrected chi connectivity index (χ0v) is 15.5. The third kappa shape index (κ3) is 3.31. The molecule has 0 unspecified atom stereocenters. The molecule has 0 spiro atoms. The third-order valence-corrected chi connectivity index (χ3v) is 5.04. The fourth-order valence-electron chi connectivity index (χ4n) is 3.35. The number of nitrogens with one attached hydrogen (secondary N) is 1. The molecule has 0 saturated heterocycles. The van der Waals surface area contributed by atoms with Gasteiger partial charge in [-0.3, -0.25) is 4.79 Å². The van der Waals surface area contributed by atoms with Crippen molar-refractivity contribution in [3.8, 4) is 22.8 Å². The van der Waals surface area contributed by atoms with E-state index in [0.717, 1.165) is 5.56 Å². The molecular formula is C19H18N4O6. The highest BCUT2D eigenvalue weighted by atomic mass is 16.7. The summed E-state index contributed by atoms with van der Waals surface area (Å²) in [5, 5.41) is 24.0. The molecule has 1 aliphatic heterocycles. The first-order valence-electron chi connectivity index (χ1n) is 9.26. The van der Waals surface area contributed by atoms with Gasteiger partial charge in [0, 0.05) is 23.6 Å². The van der Waals surface area contributed by atoms with E-state index >= 15 is 0 Å². The van der Waals surface area contributed by atoms with Gasteiger partial charge >= 0.3 is 0 Å². The Hall–Kier alpha value is -3.40. The van der Waals surface area contributed by atoms with Crippen LogP contribution in [0, 0.1) is 0 Å². The summed E-state index contributed by atoms with van der Waals surface area (Å²) in [4.78, 5) is 12.5. The van der Waals surface area contributed by atoms with Crippen LogP contribution in [0.3, 0.4) is 0 Å². The average Bonchev–Trinajstić information content (AvgIpc) is 3.43. The van der Waals surface area contributed by atoms with E-state index in [0.29, 0.717) is 36.0 Å². The van der Waals surface area contributed by atoms with Crippen molar-refractivity contribution in [2.24, 2.45) is 0 Å². The number of hydrogen-bond acceptors (Lipinski definition) is 9. The minimum atomic E-state index is -0.794. The molecule has 2 aromatic heterocycles. The standard InChI is InChI=1S/C19H18N4O6/c1-9(24)18-21-22-19(28-18)11-4-12(5-11)20-17(25)13-7-15(29-23-13)10-2-3-14-16(6-10)27-8-26-14/h2-3,6-7,9,11-12,24H,4-5,8H2,1H3,(H,20,25)/t9-,11?,12?/m1/s1. The van der Waals surface area contributed by atoms with Crippen LogP contribution in [-0.2, 0) is 0 Å². The highest BCUT2D eigenvalue weighted by Crippen LogP contribution is 2.37. The van der Waals surface area contributed by atoms with E-state index in [9.17, 15) is 9.90 Å². The number of rotatable bonds is 5. The topological polar surface area (TPSA) is 133 Å². The Morgan fingerprint density at radius 1 is 1.21 bits per heavy atom. The lowest BCUT2D eigenvalue weighted by Gasteiger charge is -2.33. The number of aromatic nitrogens is 3. The van der Waals surface area contributed by atoms with Gasteiger partial charge in [0.05, 0.1) is 0 Å². The summed E-state index contributed by atoms with van der Waals surface area (Å²) in [6, 6.07) is 6.97. The normalized spacial score (nSPS) is 20.9. The van der Waals surface area contributed by atoms with Crippen molar-refractivity contribution in [1.82, 2.24) is 20.7 Å². The lowest BCUT2D eigenvalue weighted by molar-refractivity contribution is 0.0892. The third-order valence-electron chi connectivity index (χ3n) is 5.04. The van der Waals surface area contributed by atoms with Gasteiger partial charge in [-0.25, -0.2) is 0 Å². The molecule has 3 aromatic rings. The Morgan fingerprint density at radius 3 is 2.83 bits per heavy atom. The molecule has 2 aliphatic rings. The van der Waals surface area contributed by atoms with Crippen LogP contribution in [0.1, 0.15) is 54.1 Å². The van der Waals surface area contributed by atoms with Gasteiger partial charge in [0.15, 0.2) is 23.0 Å². The van der Waals surface area contributed by atoms with E-state index in [2.05, 4.69) is 20.7 Å². The first-order valence-corrected chi connectivity index (χ1v) is 9.26. The second-order valence-electron chi connectivity index (χ2n) is 7.14. The van der Waals surface area contributed by atoms with E-state index in [-0.39, 0.29) is 36.2 Å². The molecule has 10 heteroatoms.